The van der Waals surface area contributed by atoms with Crippen molar-refractivity contribution in [3.8, 4) is 11.5 Å². The number of amides is 1. The van der Waals surface area contributed by atoms with Gasteiger partial charge in [-0.3, -0.25) is 4.79 Å². The second-order valence-electron chi connectivity index (χ2n) is 7.96. The van der Waals surface area contributed by atoms with Crippen LogP contribution in [0.15, 0.2) is 59.5 Å². The number of fused-ring (bicyclic) bond motifs is 1. The molecule has 8 heteroatoms. The lowest BCUT2D eigenvalue weighted by Crippen LogP contribution is -2.40. The number of benzene rings is 2. The van der Waals surface area contributed by atoms with Crippen molar-refractivity contribution in [2.24, 2.45) is 0 Å². The Labute approximate surface area is 189 Å². The molecule has 0 radical (unpaired) electrons. The van der Waals surface area contributed by atoms with Crippen LogP contribution in [0.1, 0.15) is 31.2 Å². The van der Waals surface area contributed by atoms with E-state index in [0.29, 0.717) is 37.7 Å². The summed E-state index contributed by atoms with van der Waals surface area (Å²) >= 11 is 0. The fourth-order valence-corrected chi connectivity index (χ4v) is 5.31. The fourth-order valence-electron chi connectivity index (χ4n) is 3.79. The summed E-state index contributed by atoms with van der Waals surface area (Å²) in [6.45, 7) is 1.84. The van der Waals surface area contributed by atoms with E-state index in [1.54, 1.807) is 34.6 Å². The Morgan fingerprint density at radius 2 is 1.69 bits per heavy atom. The summed E-state index contributed by atoms with van der Waals surface area (Å²) < 4.78 is 38.7. The first kappa shape index (κ1) is 22.4. The smallest absolute Gasteiger partial charge is 0.244 e. The van der Waals surface area contributed by atoms with Gasteiger partial charge in [0.1, 0.15) is 12.7 Å². The average molecular weight is 457 g/mol. The van der Waals surface area contributed by atoms with E-state index >= 15 is 0 Å². The Kier molecular flexibility index (Phi) is 7.12. The SMILES string of the molecule is O=C(/C=C/c1ccc(S(=O)(=O)N2CCCCCC2)cc1)NC[C@H]1COc2ccccc2O1. The highest BCUT2D eigenvalue weighted by Gasteiger charge is 2.25. The van der Waals surface area contributed by atoms with Gasteiger partial charge in [0.05, 0.1) is 11.4 Å². The summed E-state index contributed by atoms with van der Waals surface area (Å²) in [6.07, 6.45) is 6.78. The lowest BCUT2D eigenvalue weighted by atomic mass is 10.2. The Balaban J connectivity index is 1.29. The van der Waals surface area contributed by atoms with Gasteiger partial charge in [0.2, 0.25) is 15.9 Å². The van der Waals surface area contributed by atoms with E-state index in [1.807, 2.05) is 24.3 Å². The quantitative estimate of drug-likeness (QED) is 0.675. The van der Waals surface area contributed by atoms with Crippen LogP contribution in [0.25, 0.3) is 6.08 Å². The van der Waals surface area contributed by atoms with Gasteiger partial charge in [-0.2, -0.15) is 4.31 Å². The van der Waals surface area contributed by atoms with Crippen LogP contribution < -0.4 is 14.8 Å². The fraction of sp³-hybridized carbons (Fsp3) is 0.375. The summed E-state index contributed by atoms with van der Waals surface area (Å²) in [4.78, 5) is 12.5. The summed E-state index contributed by atoms with van der Waals surface area (Å²) in [6, 6.07) is 14.1. The minimum atomic E-state index is -3.47. The van der Waals surface area contributed by atoms with Gasteiger partial charge in [0.15, 0.2) is 11.5 Å². The molecule has 1 amide bonds. The lowest BCUT2D eigenvalue weighted by molar-refractivity contribution is -0.116. The minimum absolute atomic E-state index is 0.256. The number of para-hydroxylation sites is 2. The van der Waals surface area contributed by atoms with Crippen molar-refractivity contribution >= 4 is 22.0 Å². The van der Waals surface area contributed by atoms with Crippen LogP contribution in [0.4, 0.5) is 0 Å². The van der Waals surface area contributed by atoms with Gasteiger partial charge < -0.3 is 14.8 Å². The molecular formula is C24H28N2O5S. The summed E-state index contributed by atoms with van der Waals surface area (Å²) in [5.41, 5.74) is 0.751. The van der Waals surface area contributed by atoms with Crippen LogP contribution in [0, 0.1) is 0 Å². The van der Waals surface area contributed by atoms with Gasteiger partial charge in [-0.25, -0.2) is 8.42 Å². The Hall–Kier alpha value is -2.84. The maximum Gasteiger partial charge on any atom is 0.244 e. The number of nitrogens with one attached hydrogen (secondary N) is 1. The first-order valence-corrected chi connectivity index (χ1v) is 12.4. The monoisotopic (exact) mass is 456 g/mol. The van der Waals surface area contributed by atoms with Crippen LogP contribution in [-0.4, -0.2) is 51.0 Å². The normalized spacial score (nSPS) is 19.4. The molecule has 2 aliphatic heterocycles. The molecule has 1 atom stereocenters. The van der Waals surface area contributed by atoms with Crippen molar-refractivity contribution in [2.75, 3.05) is 26.2 Å². The van der Waals surface area contributed by atoms with E-state index in [-0.39, 0.29) is 16.9 Å². The molecule has 2 heterocycles. The second kappa shape index (κ2) is 10.2. The van der Waals surface area contributed by atoms with Crippen molar-refractivity contribution in [1.29, 1.82) is 0 Å². The first-order valence-electron chi connectivity index (χ1n) is 11.0. The van der Waals surface area contributed by atoms with Crippen molar-refractivity contribution in [3.63, 3.8) is 0 Å². The average Bonchev–Trinajstić information content (AvgIpc) is 3.12. The minimum Gasteiger partial charge on any atom is -0.486 e. The van der Waals surface area contributed by atoms with Crippen LogP contribution in [0.5, 0.6) is 11.5 Å². The molecule has 7 nitrogen and oxygen atoms in total. The lowest BCUT2D eigenvalue weighted by Gasteiger charge is -2.26. The Bertz CT molecular complexity index is 1060. The van der Waals surface area contributed by atoms with Crippen LogP contribution >= 0.6 is 0 Å². The van der Waals surface area contributed by atoms with Crippen LogP contribution in [0.3, 0.4) is 0 Å². The molecule has 0 saturated carbocycles. The van der Waals surface area contributed by atoms with Gasteiger partial charge in [0, 0.05) is 19.2 Å². The zero-order valence-corrected chi connectivity index (χ0v) is 18.7. The third-order valence-corrected chi connectivity index (χ3v) is 7.49. The second-order valence-corrected chi connectivity index (χ2v) is 9.90. The number of carbonyl (C=O) groups is 1. The van der Waals surface area contributed by atoms with E-state index in [9.17, 15) is 13.2 Å². The number of sulfonamides is 1. The van der Waals surface area contributed by atoms with E-state index in [1.165, 1.54) is 6.08 Å². The largest absolute Gasteiger partial charge is 0.486 e. The van der Waals surface area contributed by atoms with E-state index in [2.05, 4.69) is 5.32 Å². The van der Waals surface area contributed by atoms with Gasteiger partial charge in [0.25, 0.3) is 0 Å². The highest BCUT2D eigenvalue weighted by atomic mass is 32.2. The Morgan fingerprint density at radius 3 is 2.41 bits per heavy atom. The van der Waals surface area contributed by atoms with Crippen LogP contribution in [-0.2, 0) is 14.8 Å². The molecule has 0 aliphatic carbocycles. The molecule has 0 unspecified atom stereocenters. The molecule has 4 rings (SSSR count). The van der Waals surface area contributed by atoms with Gasteiger partial charge in [-0.1, -0.05) is 37.1 Å². The van der Waals surface area contributed by atoms with Crippen molar-refractivity contribution < 1.29 is 22.7 Å². The predicted molar refractivity (Wildman–Crippen MR) is 122 cm³/mol. The number of nitrogens with zero attached hydrogens (tertiary/aromatic N) is 1. The molecule has 1 N–H and O–H groups in total. The highest BCUT2D eigenvalue weighted by molar-refractivity contribution is 7.89. The molecular weight excluding hydrogens is 428 g/mol. The maximum atomic E-state index is 12.9. The number of carbonyl (C=O) groups excluding carboxylic acids is 1. The molecule has 0 spiro atoms. The maximum absolute atomic E-state index is 12.9. The molecule has 2 aromatic carbocycles. The van der Waals surface area contributed by atoms with Crippen LogP contribution in [0.2, 0.25) is 0 Å². The van der Waals surface area contributed by atoms with Crippen molar-refractivity contribution in [2.45, 2.75) is 36.7 Å². The van der Waals surface area contributed by atoms with E-state index in [4.69, 9.17) is 9.47 Å². The van der Waals surface area contributed by atoms with E-state index < -0.39 is 10.0 Å². The summed E-state index contributed by atoms with van der Waals surface area (Å²) in [7, 11) is -3.47. The molecule has 2 aromatic rings. The molecule has 1 saturated heterocycles. The van der Waals surface area contributed by atoms with Gasteiger partial charge in [-0.05, 0) is 48.7 Å². The van der Waals surface area contributed by atoms with Gasteiger partial charge in [-0.15, -0.1) is 0 Å². The number of hydrogen-bond acceptors (Lipinski definition) is 5. The Morgan fingerprint density at radius 1 is 1.00 bits per heavy atom. The summed E-state index contributed by atoms with van der Waals surface area (Å²) in [5, 5.41) is 2.80. The highest BCUT2D eigenvalue weighted by Crippen LogP contribution is 2.30. The standard InChI is InChI=1S/C24H28N2O5S/c27-24(25-17-20-18-30-22-7-3-4-8-23(22)31-20)14-11-19-9-12-21(13-10-19)32(28,29)26-15-5-1-2-6-16-26/h3-4,7-14,20H,1-2,5-6,15-18H2,(H,25,27)/b14-11+/t20-/m0/s1. The molecule has 32 heavy (non-hydrogen) atoms. The van der Waals surface area contributed by atoms with Crippen molar-refractivity contribution in [1.82, 2.24) is 9.62 Å². The van der Waals surface area contributed by atoms with Crippen molar-refractivity contribution in [3.05, 3.63) is 60.2 Å². The molecule has 1 fully saturated rings. The third-order valence-electron chi connectivity index (χ3n) is 5.58. The molecule has 170 valence electrons. The molecule has 0 bridgehead atoms. The zero-order chi connectivity index (χ0) is 22.4. The first-order chi connectivity index (χ1) is 15.5. The molecule has 0 aromatic heterocycles. The van der Waals surface area contributed by atoms with E-state index in [0.717, 1.165) is 31.2 Å². The topological polar surface area (TPSA) is 84.9 Å². The number of rotatable bonds is 6. The van der Waals surface area contributed by atoms with Gasteiger partial charge >= 0.3 is 0 Å². The number of hydrogen-bond donors (Lipinski definition) is 1. The third kappa shape index (κ3) is 5.49. The predicted octanol–water partition coefficient (Wildman–Crippen LogP) is 3.22. The zero-order valence-electron chi connectivity index (χ0n) is 17.9. The molecule has 2 aliphatic rings. The number of ether oxygens (including phenoxy) is 2. The summed E-state index contributed by atoms with van der Waals surface area (Å²) in [5.74, 6) is 1.12.